The van der Waals surface area contributed by atoms with Crippen molar-refractivity contribution < 1.29 is 17.2 Å². The minimum absolute atomic E-state index is 0.118. The van der Waals surface area contributed by atoms with E-state index in [2.05, 4.69) is 19.9 Å². The molecule has 2 unspecified atom stereocenters. The lowest BCUT2D eigenvalue weighted by Crippen LogP contribution is -2.48. The van der Waals surface area contributed by atoms with Gasteiger partial charge in [0.05, 0.1) is 10.7 Å². The number of rotatable bonds is 6. The molecule has 32 heavy (non-hydrogen) atoms. The van der Waals surface area contributed by atoms with Crippen LogP contribution in [0.3, 0.4) is 0 Å². The Morgan fingerprint density at radius 3 is 2.59 bits per heavy atom. The van der Waals surface area contributed by atoms with E-state index < -0.39 is 26.7 Å². The van der Waals surface area contributed by atoms with Crippen LogP contribution in [0.4, 0.5) is 20.3 Å². The molecule has 2 N–H and O–H groups in total. The molecule has 0 bridgehead atoms. The van der Waals surface area contributed by atoms with Gasteiger partial charge in [-0.3, -0.25) is 9.62 Å². The highest BCUT2D eigenvalue weighted by Crippen LogP contribution is 2.47. The molecule has 4 atom stereocenters. The second-order valence-corrected chi connectivity index (χ2v) is 11.1. The first-order valence-electron chi connectivity index (χ1n) is 10.9. The van der Waals surface area contributed by atoms with Crippen molar-refractivity contribution in [1.29, 1.82) is 0 Å². The first-order valence-corrected chi connectivity index (χ1v) is 12.8. The maximum Gasteiger partial charge on any atom is 0.266 e. The molecule has 172 valence electrons. The first kappa shape index (κ1) is 21.9. The van der Waals surface area contributed by atoms with E-state index in [1.807, 2.05) is 0 Å². The number of hydrogen-bond donors (Lipinski definition) is 2. The SMILES string of the molecule is O=S(=O)(Nc1cccc(F)n1)c1cc(Cl)c(N[C@@H]2CCCC[C@H]2N2CC3CC3C2)cc1F. The maximum atomic E-state index is 14.9. The van der Waals surface area contributed by atoms with Gasteiger partial charge in [0.2, 0.25) is 5.95 Å². The molecule has 5 rings (SSSR count). The van der Waals surface area contributed by atoms with Gasteiger partial charge < -0.3 is 5.32 Å². The fourth-order valence-electron chi connectivity index (χ4n) is 5.12. The molecule has 1 saturated heterocycles. The second-order valence-electron chi connectivity index (χ2n) is 9.03. The molecule has 0 amide bonds. The number of pyridine rings is 1. The van der Waals surface area contributed by atoms with Crippen LogP contribution < -0.4 is 10.0 Å². The van der Waals surface area contributed by atoms with Crippen LogP contribution in [0.1, 0.15) is 32.1 Å². The molecule has 10 heteroatoms. The highest BCUT2D eigenvalue weighted by molar-refractivity contribution is 7.92. The van der Waals surface area contributed by atoms with Crippen LogP contribution in [0.5, 0.6) is 0 Å². The molecule has 0 spiro atoms. The Balaban J connectivity index is 1.35. The topological polar surface area (TPSA) is 74.3 Å². The lowest BCUT2D eigenvalue weighted by atomic mass is 9.89. The van der Waals surface area contributed by atoms with E-state index in [9.17, 15) is 17.2 Å². The summed E-state index contributed by atoms with van der Waals surface area (Å²) >= 11 is 6.38. The molecular formula is C22H25ClF2N4O2S. The summed E-state index contributed by atoms with van der Waals surface area (Å²) in [5.41, 5.74) is 0.383. The number of likely N-dealkylation sites (tertiary alicyclic amines) is 1. The fraction of sp³-hybridized carbons (Fsp3) is 0.500. The van der Waals surface area contributed by atoms with Crippen LogP contribution in [0, 0.1) is 23.6 Å². The Labute approximate surface area is 191 Å². The number of sulfonamides is 1. The molecule has 2 aromatic rings. The molecule has 0 radical (unpaired) electrons. The molecular weight excluding hydrogens is 458 g/mol. The zero-order valence-corrected chi connectivity index (χ0v) is 19.0. The van der Waals surface area contributed by atoms with Crippen molar-refractivity contribution in [2.75, 3.05) is 23.1 Å². The van der Waals surface area contributed by atoms with Crippen molar-refractivity contribution in [3.05, 3.63) is 47.1 Å². The summed E-state index contributed by atoms with van der Waals surface area (Å²) in [7, 11) is -4.33. The number of fused-ring (bicyclic) bond motifs is 1. The summed E-state index contributed by atoms with van der Waals surface area (Å²) in [6.07, 6.45) is 5.66. The van der Waals surface area contributed by atoms with Gasteiger partial charge in [-0.15, -0.1) is 0 Å². The molecule has 1 aliphatic heterocycles. The summed E-state index contributed by atoms with van der Waals surface area (Å²) in [4.78, 5) is 5.39. The van der Waals surface area contributed by atoms with Gasteiger partial charge in [0.25, 0.3) is 10.0 Å². The van der Waals surface area contributed by atoms with Crippen molar-refractivity contribution >= 4 is 33.1 Å². The van der Waals surface area contributed by atoms with Gasteiger partial charge in [0.15, 0.2) is 0 Å². The predicted octanol–water partition coefficient (Wildman–Crippen LogP) is 4.49. The number of aromatic nitrogens is 1. The lowest BCUT2D eigenvalue weighted by molar-refractivity contribution is 0.161. The number of halogens is 3. The number of nitrogens with zero attached hydrogens (tertiary/aromatic N) is 2. The first-order chi connectivity index (χ1) is 15.3. The Morgan fingerprint density at radius 2 is 1.84 bits per heavy atom. The molecule has 2 saturated carbocycles. The van der Waals surface area contributed by atoms with Crippen LogP contribution in [-0.2, 0) is 10.0 Å². The minimum atomic E-state index is -4.33. The smallest absolute Gasteiger partial charge is 0.266 e. The van der Waals surface area contributed by atoms with Gasteiger partial charge in [-0.2, -0.15) is 4.39 Å². The third-order valence-corrected chi connectivity index (χ3v) is 8.49. The number of nitrogens with one attached hydrogen (secondary N) is 2. The molecule has 6 nitrogen and oxygen atoms in total. The average molecular weight is 483 g/mol. The van der Waals surface area contributed by atoms with Crippen LogP contribution in [0.25, 0.3) is 0 Å². The van der Waals surface area contributed by atoms with Gasteiger partial charge in [-0.1, -0.05) is 30.5 Å². The summed E-state index contributed by atoms with van der Waals surface area (Å²) in [6, 6.07) is 6.39. The lowest BCUT2D eigenvalue weighted by Gasteiger charge is -2.39. The summed E-state index contributed by atoms with van der Waals surface area (Å²) in [5.74, 6) is -0.348. The maximum absolute atomic E-state index is 14.9. The number of benzene rings is 1. The van der Waals surface area contributed by atoms with Gasteiger partial charge >= 0.3 is 0 Å². The van der Waals surface area contributed by atoms with E-state index in [1.54, 1.807) is 0 Å². The molecule has 2 heterocycles. The Kier molecular flexibility index (Phi) is 5.75. The van der Waals surface area contributed by atoms with Crippen molar-refractivity contribution in [3.63, 3.8) is 0 Å². The molecule has 3 aliphatic rings. The zero-order valence-electron chi connectivity index (χ0n) is 17.4. The summed E-state index contributed by atoms with van der Waals surface area (Å²) < 4.78 is 55.6. The van der Waals surface area contributed by atoms with Crippen LogP contribution in [0.15, 0.2) is 35.2 Å². The Bertz CT molecular complexity index is 1120. The largest absolute Gasteiger partial charge is 0.379 e. The second kappa shape index (κ2) is 8.43. The van der Waals surface area contributed by atoms with Crippen molar-refractivity contribution in [3.8, 4) is 0 Å². The third kappa shape index (κ3) is 4.43. The van der Waals surface area contributed by atoms with Crippen molar-refractivity contribution in [1.82, 2.24) is 9.88 Å². The molecule has 2 aliphatic carbocycles. The van der Waals surface area contributed by atoms with Gasteiger partial charge in [-0.25, -0.2) is 17.8 Å². The van der Waals surface area contributed by atoms with E-state index in [0.29, 0.717) is 11.7 Å². The van der Waals surface area contributed by atoms with E-state index in [0.717, 1.165) is 62.4 Å². The van der Waals surface area contributed by atoms with E-state index >= 15 is 0 Å². The third-order valence-electron chi connectivity index (χ3n) is 6.81. The summed E-state index contributed by atoms with van der Waals surface area (Å²) in [5, 5.41) is 3.51. The minimum Gasteiger partial charge on any atom is -0.379 e. The average Bonchev–Trinajstić information content (AvgIpc) is 3.35. The number of hydrogen-bond acceptors (Lipinski definition) is 5. The van der Waals surface area contributed by atoms with Crippen LogP contribution in [0.2, 0.25) is 5.02 Å². The van der Waals surface area contributed by atoms with E-state index in [-0.39, 0.29) is 16.9 Å². The highest BCUT2D eigenvalue weighted by Gasteiger charge is 2.48. The fourth-order valence-corrected chi connectivity index (χ4v) is 6.50. The quantitative estimate of drug-likeness (QED) is 0.593. The van der Waals surface area contributed by atoms with Crippen molar-refractivity contribution in [2.24, 2.45) is 11.8 Å². The highest BCUT2D eigenvalue weighted by atomic mass is 35.5. The van der Waals surface area contributed by atoms with Crippen molar-refractivity contribution in [2.45, 2.75) is 49.1 Å². The molecule has 1 aromatic carbocycles. The normalized spacial score (nSPS) is 27.7. The molecule has 3 fully saturated rings. The van der Waals surface area contributed by atoms with Crippen LogP contribution in [-0.4, -0.2) is 43.5 Å². The van der Waals surface area contributed by atoms with Gasteiger partial charge in [-0.05, 0) is 55.4 Å². The molecule has 1 aromatic heterocycles. The zero-order chi connectivity index (χ0) is 22.5. The Hall–Kier alpha value is -1.97. The van der Waals surface area contributed by atoms with E-state index in [1.165, 1.54) is 25.0 Å². The summed E-state index contributed by atoms with van der Waals surface area (Å²) in [6.45, 7) is 2.26. The van der Waals surface area contributed by atoms with Gasteiger partial charge in [0, 0.05) is 25.2 Å². The monoisotopic (exact) mass is 482 g/mol. The number of piperidine rings is 1. The Morgan fingerprint density at radius 1 is 1.09 bits per heavy atom. The standard InChI is InChI=1S/C22H25ClF2N4O2S/c23-15-9-20(32(30,31)28-22-7-3-6-21(25)27-22)16(24)10-18(15)26-17-4-1-2-5-19(17)29-11-13-8-14(13)12-29/h3,6-7,9-10,13-14,17,19,26H,1-2,4-5,8,11-12H2,(H,27,28)/t13?,14?,17-,19-/m1/s1. The van der Waals surface area contributed by atoms with Gasteiger partial charge in [0.1, 0.15) is 16.5 Å². The number of anilines is 2. The predicted molar refractivity (Wildman–Crippen MR) is 119 cm³/mol. The van der Waals surface area contributed by atoms with E-state index in [4.69, 9.17) is 11.6 Å². The van der Waals surface area contributed by atoms with Crippen LogP contribution >= 0.6 is 11.6 Å².